The van der Waals surface area contributed by atoms with E-state index < -0.39 is 6.43 Å². The smallest absolute Gasteiger partial charge is 0.263 e. The SMILES string of the molecule is CC(=O)N1CCCC1(C)Cc1ccc(C(F)F)cc1. The Labute approximate surface area is 112 Å². The Morgan fingerprint density at radius 1 is 1.37 bits per heavy atom. The normalized spacial score (nSPS) is 23.1. The molecule has 1 aliphatic heterocycles. The molecule has 19 heavy (non-hydrogen) atoms. The number of hydrogen-bond acceptors (Lipinski definition) is 1. The number of carbonyl (C=O) groups excluding carboxylic acids is 1. The molecule has 1 amide bonds. The Balaban J connectivity index is 2.13. The van der Waals surface area contributed by atoms with Crippen molar-refractivity contribution in [3.63, 3.8) is 0 Å². The minimum Gasteiger partial charge on any atom is -0.337 e. The maximum absolute atomic E-state index is 12.5. The summed E-state index contributed by atoms with van der Waals surface area (Å²) in [4.78, 5) is 13.5. The van der Waals surface area contributed by atoms with Crippen molar-refractivity contribution in [3.05, 3.63) is 35.4 Å². The van der Waals surface area contributed by atoms with Gasteiger partial charge < -0.3 is 4.90 Å². The third-order valence-corrected chi connectivity index (χ3v) is 3.95. The van der Waals surface area contributed by atoms with Crippen LogP contribution in [0.15, 0.2) is 24.3 Å². The van der Waals surface area contributed by atoms with E-state index in [4.69, 9.17) is 0 Å². The topological polar surface area (TPSA) is 20.3 Å². The second-order valence-electron chi connectivity index (χ2n) is 5.49. The molecule has 1 aliphatic rings. The van der Waals surface area contributed by atoms with E-state index in [2.05, 4.69) is 6.92 Å². The molecule has 0 N–H and O–H groups in total. The van der Waals surface area contributed by atoms with Crippen molar-refractivity contribution in [2.24, 2.45) is 0 Å². The summed E-state index contributed by atoms with van der Waals surface area (Å²) in [5.41, 5.74) is 0.863. The summed E-state index contributed by atoms with van der Waals surface area (Å²) in [6, 6.07) is 6.42. The molecule has 1 aromatic carbocycles. The van der Waals surface area contributed by atoms with Crippen LogP contribution in [0.1, 0.15) is 44.2 Å². The first-order valence-corrected chi connectivity index (χ1v) is 6.57. The fourth-order valence-corrected chi connectivity index (χ4v) is 2.96. The molecular formula is C15H19F2NO. The first-order valence-electron chi connectivity index (χ1n) is 6.57. The minimum atomic E-state index is -2.43. The fraction of sp³-hybridized carbons (Fsp3) is 0.533. The highest BCUT2D eigenvalue weighted by molar-refractivity contribution is 5.74. The van der Waals surface area contributed by atoms with Crippen molar-refractivity contribution in [1.82, 2.24) is 4.90 Å². The number of nitrogens with zero attached hydrogens (tertiary/aromatic N) is 1. The number of carbonyl (C=O) groups is 1. The van der Waals surface area contributed by atoms with Crippen LogP contribution in [0.2, 0.25) is 0 Å². The maximum Gasteiger partial charge on any atom is 0.263 e. The van der Waals surface area contributed by atoms with Crippen LogP contribution in [-0.2, 0) is 11.2 Å². The highest BCUT2D eigenvalue weighted by atomic mass is 19.3. The summed E-state index contributed by atoms with van der Waals surface area (Å²) >= 11 is 0. The third-order valence-electron chi connectivity index (χ3n) is 3.95. The fourth-order valence-electron chi connectivity index (χ4n) is 2.96. The summed E-state index contributed by atoms with van der Waals surface area (Å²) in [5, 5.41) is 0. The summed E-state index contributed by atoms with van der Waals surface area (Å²) in [6.07, 6.45) is 0.259. The quantitative estimate of drug-likeness (QED) is 0.820. The van der Waals surface area contributed by atoms with Gasteiger partial charge in [0.15, 0.2) is 0 Å². The monoisotopic (exact) mass is 267 g/mol. The molecular weight excluding hydrogens is 248 g/mol. The van der Waals surface area contributed by atoms with E-state index in [1.807, 2.05) is 4.90 Å². The summed E-state index contributed by atoms with van der Waals surface area (Å²) in [7, 11) is 0. The van der Waals surface area contributed by atoms with Gasteiger partial charge in [0, 0.05) is 24.6 Å². The van der Waals surface area contributed by atoms with Crippen LogP contribution in [0.4, 0.5) is 8.78 Å². The van der Waals surface area contributed by atoms with Crippen LogP contribution in [0, 0.1) is 0 Å². The molecule has 1 heterocycles. The molecule has 0 radical (unpaired) electrons. The molecule has 1 fully saturated rings. The van der Waals surface area contributed by atoms with Crippen LogP contribution < -0.4 is 0 Å². The Hall–Kier alpha value is -1.45. The lowest BCUT2D eigenvalue weighted by molar-refractivity contribution is -0.132. The maximum atomic E-state index is 12.5. The summed E-state index contributed by atoms with van der Waals surface area (Å²) in [5.74, 6) is 0.0872. The van der Waals surface area contributed by atoms with Gasteiger partial charge in [-0.3, -0.25) is 4.79 Å². The number of alkyl halides is 2. The second-order valence-corrected chi connectivity index (χ2v) is 5.49. The van der Waals surface area contributed by atoms with Crippen LogP contribution in [0.25, 0.3) is 0 Å². The standard InChI is InChI=1S/C15H19F2NO/c1-11(19)18-9-3-8-15(18,2)10-12-4-6-13(7-5-12)14(16)17/h4-7,14H,3,8-10H2,1-2H3. The molecule has 1 unspecified atom stereocenters. The lowest BCUT2D eigenvalue weighted by atomic mass is 9.90. The van der Waals surface area contributed by atoms with Crippen LogP contribution in [0.5, 0.6) is 0 Å². The van der Waals surface area contributed by atoms with E-state index in [9.17, 15) is 13.6 Å². The molecule has 0 aliphatic carbocycles. The molecule has 0 saturated carbocycles. The molecule has 0 aromatic heterocycles. The molecule has 0 spiro atoms. The largest absolute Gasteiger partial charge is 0.337 e. The number of benzene rings is 1. The molecule has 2 nitrogen and oxygen atoms in total. The zero-order chi connectivity index (χ0) is 14.0. The van der Waals surface area contributed by atoms with Crippen molar-refractivity contribution < 1.29 is 13.6 Å². The Morgan fingerprint density at radius 3 is 2.53 bits per heavy atom. The van der Waals surface area contributed by atoms with Gasteiger partial charge in [-0.1, -0.05) is 24.3 Å². The number of hydrogen-bond donors (Lipinski definition) is 0. The second kappa shape index (κ2) is 5.27. The molecule has 0 bridgehead atoms. The van der Waals surface area contributed by atoms with Gasteiger partial charge in [0.2, 0.25) is 5.91 Å². The first kappa shape index (κ1) is 14.0. The van der Waals surface area contributed by atoms with E-state index in [0.717, 1.165) is 31.4 Å². The molecule has 1 atom stereocenters. The van der Waals surface area contributed by atoms with Crippen LogP contribution in [-0.4, -0.2) is 22.9 Å². The van der Waals surface area contributed by atoms with Crippen molar-refractivity contribution in [1.29, 1.82) is 0 Å². The van der Waals surface area contributed by atoms with E-state index in [1.165, 1.54) is 12.1 Å². The molecule has 1 aromatic rings. The highest BCUT2D eigenvalue weighted by Gasteiger charge is 2.37. The predicted molar refractivity (Wildman–Crippen MR) is 70.1 cm³/mol. The van der Waals surface area contributed by atoms with Gasteiger partial charge in [0.25, 0.3) is 6.43 Å². The molecule has 4 heteroatoms. The van der Waals surface area contributed by atoms with Gasteiger partial charge >= 0.3 is 0 Å². The number of amides is 1. The molecule has 104 valence electrons. The molecule has 2 rings (SSSR count). The van der Waals surface area contributed by atoms with Gasteiger partial charge in [0.1, 0.15) is 0 Å². The lowest BCUT2D eigenvalue weighted by Crippen LogP contribution is -2.45. The van der Waals surface area contributed by atoms with Gasteiger partial charge in [-0.25, -0.2) is 8.78 Å². The van der Waals surface area contributed by atoms with E-state index in [-0.39, 0.29) is 17.0 Å². The van der Waals surface area contributed by atoms with Crippen molar-refractivity contribution in [2.75, 3.05) is 6.54 Å². The summed E-state index contributed by atoms with van der Waals surface area (Å²) in [6.45, 7) is 4.45. The Morgan fingerprint density at radius 2 is 2.00 bits per heavy atom. The van der Waals surface area contributed by atoms with Gasteiger partial charge in [-0.15, -0.1) is 0 Å². The van der Waals surface area contributed by atoms with E-state index >= 15 is 0 Å². The van der Waals surface area contributed by atoms with Crippen molar-refractivity contribution in [2.45, 2.75) is 45.1 Å². The number of rotatable bonds is 3. The van der Waals surface area contributed by atoms with Crippen LogP contribution in [0.3, 0.4) is 0 Å². The van der Waals surface area contributed by atoms with Gasteiger partial charge in [-0.05, 0) is 31.7 Å². The highest BCUT2D eigenvalue weighted by Crippen LogP contribution is 2.32. The lowest BCUT2D eigenvalue weighted by Gasteiger charge is -2.35. The number of halogens is 2. The predicted octanol–water partition coefficient (Wildman–Crippen LogP) is 3.57. The van der Waals surface area contributed by atoms with Crippen molar-refractivity contribution >= 4 is 5.91 Å². The zero-order valence-electron chi connectivity index (χ0n) is 11.3. The Bertz CT molecular complexity index is 458. The summed E-state index contributed by atoms with van der Waals surface area (Å²) < 4.78 is 25.0. The Kier molecular flexibility index (Phi) is 3.88. The third kappa shape index (κ3) is 2.94. The first-order chi connectivity index (χ1) is 8.92. The number of likely N-dealkylation sites (tertiary alicyclic amines) is 1. The van der Waals surface area contributed by atoms with Crippen molar-refractivity contribution in [3.8, 4) is 0 Å². The van der Waals surface area contributed by atoms with Gasteiger partial charge in [0.05, 0.1) is 0 Å². The van der Waals surface area contributed by atoms with E-state index in [0.29, 0.717) is 0 Å². The zero-order valence-corrected chi connectivity index (χ0v) is 11.3. The minimum absolute atomic E-state index is 0.0451. The average Bonchev–Trinajstić information content (AvgIpc) is 2.71. The average molecular weight is 267 g/mol. The molecule has 1 saturated heterocycles. The van der Waals surface area contributed by atoms with E-state index in [1.54, 1.807) is 19.1 Å². The van der Waals surface area contributed by atoms with Crippen LogP contribution >= 0.6 is 0 Å². The van der Waals surface area contributed by atoms with Gasteiger partial charge in [-0.2, -0.15) is 0 Å².